The van der Waals surface area contributed by atoms with E-state index in [0.717, 1.165) is 17.2 Å². The monoisotopic (exact) mass is 553 g/mol. The number of carboxylic acids is 4. The second-order valence-corrected chi connectivity index (χ2v) is 8.17. The molecule has 0 saturated carbocycles. The summed E-state index contributed by atoms with van der Waals surface area (Å²) in [6.07, 6.45) is 1.28. The third-order valence-electron chi connectivity index (χ3n) is 4.14. The summed E-state index contributed by atoms with van der Waals surface area (Å²) in [6, 6.07) is 0. The van der Waals surface area contributed by atoms with Crippen LogP contribution in [0.1, 0.15) is 0 Å². The number of esters is 1. The van der Waals surface area contributed by atoms with Gasteiger partial charge in [-0.1, -0.05) is 0 Å². The first-order valence-corrected chi connectivity index (χ1v) is 11.5. The molecule has 37 heavy (non-hydrogen) atoms. The number of carboxylic acid groups (broad SMARTS) is 4. The van der Waals surface area contributed by atoms with Crippen molar-refractivity contribution in [2.75, 3.05) is 65.3 Å². The molecule has 0 aromatic rings. The molecule has 0 aliphatic heterocycles. The minimum absolute atomic E-state index is 0.0537. The van der Waals surface area contributed by atoms with Gasteiger partial charge < -0.3 is 30.5 Å². The van der Waals surface area contributed by atoms with Gasteiger partial charge in [-0.2, -0.15) is 0 Å². The van der Waals surface area contributed by atoms with E-state index >= 15 is 0 Å². The van der Waals surface area contributed by atoms with Crippen molar-refractivity contribution in [1.29, 1.82) is 0 Å². The molecule has 0 spiro atoms. The first-order chi connectivity index (χ1) is 17.3. The molecule has 0 aromatic heterocycles. The Hall–Kier alpha value is -3.73. The molecule has 19 heteroatoms. The number of ether oxygens (including phenoxy) is 1. The maximum absolute atomic E-state index is 12.1. The number of carbonyl (C=O) groups excluding carboxylic acids is 2. The number of nitrogens with one attached hydrogen (secondary N) is 1. The van der Waals surface area contributed by atoms with Crippen molar-refractivity contribution in [3.05, 3.63) is 22.4 Å². The third kappa shape index (κ3) is 20.2. The summed E-state index contributed by atoms with van der Waals surface area (Å²) < 4.78 is 3.87. The van der Waals surface area contributed by atoms with Crippen molar-refractivity contribution in [2.45, 2.75) is 0 Å². The summed E-state index contributed by atoms with van der Waals surface area (Å²) in [5.41, 5.74) is 0. The number of hydrogen-bond donors (Lipinski definition) is 5. The quantitative estimate of drug-likeness (QED) is 0.0317. The van der Waals surface area contributed by atoms with Crippen LogP contribution in [-0.4, -0.2) is 141 Å². The molecular weight excluding hydrogens is 525 g/mol. The zero-order chi connectivity index (χ0) is 28.4. The highest BCUT2D eigenvalue weighted by atomic mass is 31.1. The summed E-state index contributed by atoms with van der Waals surface area (Å²) in [6.45, 7) is -3.05. The maximum atomic E-state index is 12.1. The molecule has 18 nitrogen and oxygen atoms in total. The minimum atomic E-state index is -1.28. The van der Waals surface area contributed by atoms with Gasteiger partial charge in [0, 0.05) is 43.1 Å². The number of nitrogens with zero attached hydrogens (tertiary/aromatic N) is 4. The summed E-state index contributed by atoms with van der Waals surface area (Å²) in [4.78, 5) is 81.4. The van der Waals surface area contributed by atoms with E-state index in [1.807, 2.05) is 0 Å². The van der Waals surface area contributed by atoms with Crippen LogP contribution >= 0.6 is 8.73 Å². The van der Waals surface area contributed by atoms with Crippen LogP contribution in [0.25, 0.3) is 0 Å². The highest BCUT2D eigenvalue weighted by Crippen LogP contribution is 2.08. The van der Waals surface area contributed by atoms with Crippen LogP contribution in [0.4, 0.5) is 0 Å². The second kappa shape index (κ2) is 18.5. The molecule has 0 fully saturated rings. The van der Waals surface area contributed by atoms with Gasteiger partial charge in [-0.3, -0.25) is 48.8 Å². The average molecular weight is 553 g/mol. The lowest BCUT2D eigenvalue weighted by atomic mass is 10.3. The number of aliphatic carboxylic acids is 4. The lowest BCUT2D eigenvalue weighted by molar-refractivity contribution is -0.297. The van der Waals surface area contributed by atoms with Crippen molar-refractivity contribution in [3.63, 3.8) is 0 Å². The van der Waals surface area contributed by atoms with E-state index in [1.54, 1.807) is 0 Å². The van der Waals surface area contributed by atoms with Crippen LogP contribution < -0.4 is 5.32 Å². The van der Waals surface area contributed by atoms with E-state index in [9.17, 15) is 38.9 Å². The lowest BCUT2D eigenvalue weighted by Gasteiger charge is -2.27. The normalized spacial score (nSPS) is 11.4. The molecule has 208 valence electrons. The molecule has 0 aromatic carbocycles. The molecule has 0 saturated heterocycles. The van der Waals surface area contributed by atoms with E-state index in [4.69, 9.17) is 20.4 Å². The Labute approximate surface area is 211 Å². The lowest BCUT2D eigenvalue weighted by Crippen LogP contribution is -2.46. The zero-order valence-corrected chi connectivity index (χ0v) is 20.5. The van der Waals surface area contributed by atoms with Gasteiger partial charge in [-0.25, -0.2) is 4.79 Å². The molecule has 1 unspecified atom stereocenters. The fourth-order valence-corrected chi connectivity index (χ4v) is 3.00. The van der Waals surface area contributed by atoms with Gasteiger partial charge in [0.25, 0.3) is 8.73 Å². The fraction of sp³-hybridized carbons (Fsp3) is 0.556. The Morgan fingerprint density at radius 1 is 0.757 bits per heavy atom. The highest BCUT2D eigenvalue weighted by Gasteiger charge is 2.19. The highest BCUT2D eigenvalue weighted by molar-refractivity contribution is 7.30. The van der Waals surface area contributed by atoms with E-state index < -0.39 is 88.3 Å². The van der Waals surface area contributed by atoms with E-state index in [2.05, 4.69) is 10.1 Å². The third-order valence-corrected chi connectivity index (χ3v) is 4.67. The van der Waals surface area contributed by atoms with Gasteiger partial charge in [0.1, 0.15) is 0 Å². The minimum Gasteiger partial charge on any atom is -0.480 e. The van der Waals surface area contributed by atoms with Crippen LogP contribution in [0.2, 0.25) is 0 Å². The first kappa shape index (κ1) is 33.3. The van der Waals surface area contributed by atoms with Crippen molar-refractivity contribution in [3.8, 4) is 0 Å². The average Bonchev–Trinajstić information content (AvgIpc) is 2.73. The van der Waals surface area contributed by atoms with Crippen LogP contribution in [-0.2, 0) is 33.5 Å². The molecular formula is C18H28N5O13P. The van der Waals surface area contributed by atoms with Gasteiger partial charge >= 0.3 is 29.8 Å². The van der Waals surface area contributed by atoms with Gasteiger partial charge in [0.15, 0.2) is 6.35 Å². The number of amides is 1. The summed E-state index contributed by atoms with van der Waals surface area (Å²) in [5, 5.41) is 48.4. The molecule has 1 atom stereocenters. The molecule has 1 amide bonds. The Balaban J connectivity index is 4.96. The Morgan fingerprint density at radius 2 is 1.16 bits per heavy atom. The smallest absolute Gasteiger partial charge is 0.332 e. The van der Waals surface area contributed by atoms with Gasteiger partial charge in [-0.15, -0.1) is 0 Å². The molecule has 5 N–H and O–H groups in total. The standard InChI is InChI=1S/C18H28N5O13P/c24-13(19-2-1-18(33)36-12-37-23(34)35)7-21(9-15(27)28)5-3-20(8-14(25)26)4-6-22(10-16(29)30)11-17(31)32/h1-2,37H,3-12H2,(H,19,24)(H,25,26)(H,27,28)(H,29,30)(H,31,32)/b2-1+. The number of hydrogen-bond acceptors (Lipinski definition) is 12. The topological polar surface area (TPSA) is 257 Å². The second-order valence-electron chi connectivity index (χ2n) is 7.20. The van der Waals surface area contributed by atoms with Crippen LogP contribution in [0.3, 0.4) is 0 Å². The van der Waals surface area contributed by atoms with Gasteiger partial charge in [-0.05, 0) is 0 Å². The Morgan fingerprint density at radius 3 is 1.59 bits per heavy atom. The van der Waals surface area contributed by atoms with Gasteiger partial charge in [0.05, 0.1) is 32.7 Å². The Kier molecular flexibility index (Phi) is 16.7. The predicted octanol–water partition coefficient (Wildman–Crippen LogP) is -2.77. The van der Waals surface area contributed by atoms with Crippen molar-refractivity contribution < 1.29 is 58.6 Å². The summed E-state index contributed by atoms with van der Waals surface area (Å²) >= 11 is 0. The SMILES string of the molecule is O=C(O)CN(CCN(CC(=O)O)CC(=O)O)CCN(CC(=O)O)CC(=O)N/C=C/C(=O)OCP[N+](=O)[O-]. The summed E-state index contributed by atoms with van der Waals surface area (Å²) in [7, 11) is -0.833. The zero-order valence-electron chi connectivity index (χ0n) is 19.5. The van der Waals surface area contributed by atoms with Crippen LogP contribution in [0.15, 0.2) is 12.3 Å². The van der Waals surface area contributed by atoms with E-state index in [-0.39, 0.29) is 26.2 Å². The first-order valence-electron chi connectivity index (χ1n) is 10.3. The maximum Gasteiger partial charge on any atom is 0.332 e. The Bertz CT molecular complexity index is 853. The molecule has 0 rings (SSSR count). The fourth-order valence-electron chi connectivity index (χ4n) is 2.68. The predicted molar refractivity (Wildman–Crippen MR) is 123 cm³/mol. The molecule has 0 bridgehead atoms. The van der Waals surface area contributed by atoms with Gasteiger partial charge in [0.2, 0.25) is 5.91 Å². The van der Waals surface area contributed by atoms with E-state index in [1.165, 1.54) is 9.80 Å². The summed E-state index contributed by atoms with van der Waals surface area (Å²) in [5.74, 6) is -6.73. The van der Waals surface area contributed by atoms with Crippen molar-refractivity contribution in [2.24, 2.45) is 0 Å². The molecule has 0 aliphatic rings. The van der Waals surface area contributed by atoms with E-state index in [0.29, 0.717) is 0 Å². The number of carbonyl (C=O) groups is 6. The largest absolute Gasteiger partial charge is 0.480 e. The van der Waals surface area contributed by atoms with Crippen molar-refractivity contribution >= 4 is 44.5 Å². The molecule has 0 aliphatic carbocycles. The van der Waals surface area contributed by atoms with Crippen molar-refractivity contribution in [1.82, 2.24) is 20.0 Å². The van der Waals surface area contributed by atoms with Crippen LogP contribution in [0, 0.1) is 10.1 Å². The number of nitro groups is 1. The number of rotatable bonds is 21. The van der Waals surface area contributed by atoms with Crippen LogP contribution in [0.5, 0.6) is 0 Å². The molecule has 0 heterocycles. The molecule has 0 radical (unpaired) electrons.